The molecule has 1 aliphatic heterocycles. The van der Waals surface area contributed by atoms with E-state index in [2.05, 4.69) is 44.0 Å². The smallest absolute Gasteiger partial charge is 0.192 e. The Bertz CT molecular complexity index is 440. The van der Waals surface area contributed by atoms with E-state index in [1.165, 1.54) is 18.4 Å². The van der Waals surface area contributed by atoms with Gasteiger partial charge in [0.1, 0.15) is 0 Å². The van der Waals surface area contributed by atoms with Gasteiger partial charge in [0.15, 0.2) is 5.96 Å². The first-order valence-corrected chi connectivity index (χ1v) is 6.39. The monoisotopic (exact) mass is 279 g/mol. The highest BCUT2D eigenvalue weighted by Gasteiger charge is 2.38. The van der Waals surface area contributed by atoms with Crippen molar-refractivity contribution in [3.8, 4) is 0 Å². The van der Waals surface area contributed by atoms with Gasteiger partial charge in [-0.1, -0.05) is 28.1 Å². The Balaban J connectivity index is 1.90. The summed E-state index contributed by atoms with van der Waals surface area (Å²) in [4.78, 5) is 6.65. The van der Waals surface area contributed by atoms with Crippen LogP contribution in [0.3, 0.4) is 0 Å². The first-order chi connectivity index (χ1) is 7.75. The maximum Gasteiger partial charge on any atom is 0.192 e. The van der Waals surface area contributed by atoms with Crippen LogP contribution in [0.15, 0.2) is 33.7 Å². The van der Waals surface area contributed by atoms with Crippen molar-refractivity contribution in [1.29, 1.82) is 0 Å². The number of aliphatic imine (C=N–C) groups is 1. The summed E-state index contributed by atoms with van der Waals surface area (Å²) in [7, 11) is 0. The second-order valence-electron chi connectivity index (χ2n) is 4.41. The summed E-state index contributed by atoms with van der Waals surface area (Å²) in [5.41, 5.74) is 7.25. The molecule has 1 aromatic rings. The first kappa shape index (κ1) is 10.1. The van der Waals surface area contributed by atoms with Crippen LogP contribution < -0.4 is 5.73 Å². The van der Waals surface area contributed by atoms with Crippen molar-refractivity contribution in [2.75, 3.05) is 6.54 Å². The molecule has 3 rings (SSSR count). The lowest BCUT2D eigenvalue weighted by atomic mass is 10.1. The fraction of sp³-hybridized carbons (Fsp3) is 0.417. The molecule has 1 unspecified atom stereocenters. The second kappa shape index (κ2) is 3.77. The van der Waals surface area contributed by atoms with Gasteiger partial charge in [0.25, 0.3) is 0 Å². The van der Waals surface area contributed by atoms with E-state index < -0.39 is 0 Å². The Morgan fingerprint density at radius 3 is 2.88 bits per heavy atom. The Morgan fingerprint density at radius 1 is 1.38 bits per heavy atom. The van der Waals surface area contributed by atoms with Crippen molar-refractivity contribution >= 4 is 21.9 Å². The maximum absolute atomic E-state index is 5.95. The molecule has 0 bridgehead atoms. The summed E-state index contributed by atoms with van der Waals surface area (Å²) in [6.07, 6.45) is 2.50. The molecule has 3 nitrogen and oxygen atoms in total. The molecular formula is C12H14BrN3. The molecule has 1 aromatic carbocycles. The molecule has 1 saturated carbocycles. The number of rotatable bonds is 2. The number of nitrogens with two attached hydrogens (primary N) is 1. The van der Waals surface area contributed by atoms with Gasteiger partial charge in [0.2, 0.25) is 0 Å². The van der Waals surface area contributed by atoms with E-state index in [4.69, 9.17) is 5.73 Å². The van der Waals surface area contributed by atoms with Crippen LogP contribution in [0, 0.1) is 0 Å². The first-order valence-electron chi connectivity index (χ1n) is 5.59. The van der Waals surface area contributed by atoms with Crippen molar-refractivity contribution in [3.05, 3.63) is 34.3 Å². The molecule has 1 heterocycles. The van der Waals surface area contributed by atoms with Gasteiger partial charge in [-0.2, -0.15) is 0 Å². The van der Waals surface area contributed by atoms with Gasteiger partial charge >= 0.3 is 0 Å². The normalized spacial score (nSPS) is 24.7. The van der Waals surface area contributed by atoms with Crippen molar-refractivity contribution in [2.45, 2.75) is 24.9 Å². The highest BCUT2D eigenvalue weighted by Crippen LogP contribution is 2.37. The molecule has 0 radical (unpaired) electrons. The van der Waals surface area contributed by atoms with E-state index in [1.807, 2.05) is 6.07 Å². The number of guanidine groups is 1. The van der Waals surface area contributed by atoms with E-state index >= 15 is 0 Å². The predicted octanol–water partition coefficient (Wildman–Crippen LogP) is 2.28. The lowest BCUT2D eigenvalue weighted by Crippen LogP contribution is -2.37. The minimum atomic E-state index is 0.338. The Hall–Kier alpha value is -1.03. The van der Waals surface area contributed by atoms with Crippen LogP contribution in [0.5, 0.6) is 0 Å². The highest BCUT2D eigenvalue weighted by atomic mass is 79.9. The summed E-state index contributed by atoms with van der Waals surface area (Å²) in [6.45, 7) is 0.790. The van der Waals surface area contributed by atoms with Crippen LogP contribution in [0.25, 0.3) is 0 Å². The molecule has 2 N–H and O–H groups in total. The standard InChI is InChI=1S/C12H14BrN3/c13-9-3-1-2-8(6-9)11-7-15-12(14)16(11)10-4-5-10/h1-3,6,10-11H,4-5,7H2,(H2,14,15). The topological polar surface area (TPSA) is 41.6 Å². The summed E-state index contributed by atoms with van der Waals surface area (Å²) < 4.78 is 1.12. The fourth-order valence-electron chi connectivity index (χ4n) is 2.28. The molecule has 16 heavy (non-hydrogen) atoms. The second-order valence-corrected chi connectivity index (χ2v) is 5.32. The molecule has 1 aliphatic carbocycles. The summed E-state index contributed by atoms with van der Waals surface area (Å²) in [5, 5.41) is 0. The third kappa shape index (κ3) is 1.71. The largest absolute Gasteiger partial charge is 0.370 e. The van der Waals surface area contributed by atoms with Crippen molar-refractivity contribution in [2.24, 2.45) is 10.7 Å². The van der Waals surface area contributed by atoms with Gasteiger partial charge in [-0.05, 0) is 30.5 Å². The lowest BCUT2D eigenvalue weighted by Gasteiger charge is -2.26. The van der Waals surface area contributed by atoms with Gasteiger partial charge in [-0.25, -0.2) is 0 Å². The van der Waals surface area contributed by atoms with Crippen molar-refractivity contribution in [3.63, 3.8) is 0 Å². The molecule has 4 heteroatoms. The molecule has 2 aliphatic rings. The molecule has 1 fully saturated rings. The van der Waals surface area contributed by atoms with E-state index in [-0.39, 0.29) is 0 Å². The van der Waals surface area contributed by atoms with Crippen molar-refractivity contribution < 1.29 is 0 Å². The van der Waals surface area contributed by atoms with Gasteiger partial charge in [0.05, 0.1) is 12.6 Å². The average Bonchev–Trinajstić information content (AvgIpc) is 3.02. The Kier molecular flexibility index (Phi) is 2.39. The maximum atomic E-state index is 5.95. The van der Waals surface area contributed by atoms with E-state index in [1.54, 1.807) is 0 Å². The van der Waals surface area contributed by atoms with E-state index in [0.29, 0.717) is 18.0 Å². The average molecular weight is 280 g/mol. The van der Waals surface area contributed by atoms with Crippen LogP contribution in [-0.4, -0.2) is 23.4 Å². The minimum Gasteiger partial charge on any atom is -0.370 e. The van der Waals surface area contributed by atoms with Gasteiger partial charge in [0, 0.05) is 10.5 Å². The van der Waals surface area contributed by atoms with Crippen LogP contribution in [0.1, 0.15) is 24.4 Å². The van der Waals surface area contributed by atoms with Gasteiger partial charge < -0.3 is 10.6 Å². The quantitative estimate of drug-likeness (QED) is 0.903. The molecule has 84 valence electrons. The zero-order chi connectivity index (χ0) is 11.1. The highest BCUT2D eigenvalue weighted by molar-refractivity contribution is 9.10. The van der Waals surface area contributed by atoms with E-state index in [9.17, 15) is 0 Å². The fourth-order valence-corrected chi connectivity index (χ4v) is 2.70. The Morgan fingerprint density at radius 2 is 2.19 bits per heavy atom. The third-order valence-electron chi connectivity index (χ3n) is 3.20. The zero-order valence-electron chi connectivity index (χ0n) is 8.94. The molecule has 1 atom stereocenters. The molecule has 0 spiro atoms. The lowest BCUT2D eigenvalue weighted by molar-refractivity contribution is 0.338. The number of nitrogens with zero attached hydrogens (tertiary/aromatic N) is 2. The molecule has 0 amide bonds. The van der Waals surface area contributed by atoms with Gasteiger partial charge in [-0.15, -0.1) is 0 Å². The van der Waals surface area contributed by atoms with Crippen LogP contribution in [-0.2, 0) is 0 Å². The van der Waals surface area contributed by atoms with Crippen LogP contribution in [0.4, 0.5) is 0 Å². The molecule has 0 saturated heterocycles. The predicted molar refractivity (Wildman–Crippen MR) is 68.2 cm³/mol. The summed E-state index contributed by atoms with van der Waals surface area (Å²) in [5.74, 6) is 0.715. The third-order valence-corrected chi connectivity index (χ3v) is 3.69. The molecular weight excluding hydrogens is 266 g/mol. The SMILES string of the molecule is NC1=NCC(c2cccc(Br)c2)N1C1CC1. The molecule has 0 aromatic heterocycles. The number of hydrogen-bond acceptors (Lipinski definition) is 3. The van der Waals surface area contributed by atoms with Gasteiger partial charge in [-0.3, -0.25) is 4.99 Å². The zero-order valence-corrected chi connectivity index (χ0v) is 10.5. The van der Waals surface area contributed by atoms with Crippen LogP contribution >= 0.6 is 15.9 Å². The summed E-state index contributed by atoms with van der Waals surface area (Å²) in [6, 6.07) is 9.39. The van der Waals surface area contributed by atoms with E-state index in [0.717, 1.165) is 11.0 Å². The Labute approximate surface area is 103 Å². The number of benzene rings is 1. The van der Waals surface area contributed by atoms with Crippen LogP contribution in [0.2, 0.25) is 0 Å². The van der Waals surface area contributed by atoms with Crippen molar-refractivity contribution in [1.82, 2.24) is 4.90 Å². The number of hydrogen-bond donors (Lipinski definition) is 1. The minimum absolute atomic E-state index is 0.338. The summed E-state index contributed by atoms with van der Waals surface area (Å²) >= 11 is 3.51. The number of halogens is 1.